The average molecular weight is 295 g/mol. The zero-order valence-electron chi connectivity index (χ0n) is 11.1. The molecule has 106 valence electrons. The van der Waals surface area contributed by atoms with Crippen LogP contribution in [0.15, 0.2) is 18.2 Å². The van der Waals surface area contributed by atoms with Gasteiger partial charge in [-0.2, -0.15) is 4.39 Å². The van der Waals surface area contributed by atoms with E-state index in [0.29, 0.717) is 17.3 Å². The summed E-state index contributed by atoms with van der Waals surface area (Å²) in [6, 6.07) is 5.06. The second-order valence-electron chi connectivity index (χ2n) is 5.03. The summed E-state index contributed by atoms with van der Waals surface area (Å²) >= 11 is 0.767. The molecular formula is C14H15F2N3S. The van der Waals surface area contributed by atoms with Crippen LogP contribution < -0.4 is 10.6 Å². The lowest BCUT2D eigenvalue weighted by atomic mass is 10.1. The van der Waals surface area contributed by atoms with Gasteiger partial charge in [0.25, 0.3) is 0 Å². The summed E-state index contributed by atoms with van der Waals surface area (Å²) in [5, 5.41) is -0.334. The number of anilines is 2. The Kier molecular flexibility index (Phi) is 3.33. The van der Waals surface area contributed by atoms with Crippen molar-refractivity contribution in [2.45, 2.75) is 25.8 Å². The molecular weight excluding hydrogens is 280 g/mol. The maximum absolute atomic E-state index is 14.3. The Morgan fingerprint density at radius 2 is 2.20 bits per heavy atom. The van der Waals surface area contributed by atoms with Crippen LogP contribution in [0.5, 0.6) is 0 Å². The lowest BCUT2D eigenvalue weighted by Gasteiger charge is -2.24. The third-order valence-electron chi connectivity index (χ3n) is 3.69. The summed E-state index contributed by atoms with van der Waals surface area (Å²) in [4.78, 5) is 5.95. The minimum absolute atomic E-state index is 0.118. The van der Waals surface area contributed by atoms with E-state index in [-0.39, 0.29) is 16.6 Å². The van der Waals surface area contributed by atoms with Gasteiger partial charge in [-0.3, -0.25) is 0 Å². The molecule has 0 saturated carbocycles. The number of halogens is 2. The van der Waals surface area contributed by atoms with Crippen LogP contribution in [0.1, 0.15) is 19.8 Å². The van der Waals surface area contributed by atoms with Crippen molar-refractivity contribution in [2.24, 2.45) is 0 Å². The molecule has 20 heavy (non-hydrogen) atoms. The van der Waals surface area contributed by atoms with E-state index in [1.807, 2.05) is 4.90 Å². The molecule has 0 unspecified atom stereocenters. The van der Waals surface area contributed by atoms with Gasteiger partial charge in [-0.1, -0.05) is 17.4 Å². The Balaban J connectivity index is 1.97. The first kappa shape index (κ1) is 13.3. The molecule has 1 saturated heterocycles. The fourth-order valence-electron chi connectivity index (χ4n) is 2.67. The number of thiazole rings is 1. The molecule has 0 aliphatic carbocycles. The zero-order valence-corrected chi connectivity index (χ0v) is 11.9. The molecule has 2 aromatic rings. The molecule has 3 rings (SSSR count). The Morgan fingerprint density at radius 1 is 1.40 bits per heavy atom. The standard InChI is InChI=1S/C14H15F2N3S/c1-8-3-2-6-19(8)11-5-4-9(7-10(11)15)12-13(16)20-14(17)18-12/h4-5,7-8H,2-3,6H2,1H3,(H2,17,18)/t8-/m0/s1. The summed E-state index contributed by atoms with van der Waals surface area (Å²) in [6.07, 6.45) is 2.14. The zero-order chi connectivity index (χ0) is 14.3. The summed E-state index contributed by atoms with van der Waals surface area (Å²) in [5.74, 6) is -0.345. The molecule has 1 aliphatic rings. The van der Waals surface area contributed by atoms with Crippen LogP contribution in [0, 0.1) is 10.9 Å². The van der Waals surface area contributed by atoms with Gasteiger partial charge in [-0.15, -0.1) is 0 Å². The van der Waals surface area contributed by atoms with E-state index in [4.69, 9.17) is 5.73 Å². The van der Waals surface area contributed by atoms with Crippen molar-refractivity contribution in [1.82, 2.24) is 4.98 Å². The predicted molar refractivity (Wildman–Crippen MR) is 77.9 cm³/mol. The second kappa shape index (κ2) is 5.01. The highest BCUT2D eigenvalue weighted by Gasteiger charge is 2.23. The highest BCUT2D eigenvalue weighted by molar-refractivity contribution is 7.14. The first-order chi connectivity index (χ1) is 9.56. The summed E-state index contributed by atoms with van der Waals surface area (Å²) in [7, 11) is 0. The first-order valence-electron chi connectivity index (χ1n) is 6.54. The molecule has 0 radical (unpaired) electrons. The lowest BCUT2D eigenvalue weighted by Crippen LogP contribution is -2.27. The van der Waals surface area contributed by atoms with E-state index in [1.165, 1.54) is 6.07 Å². The number of nitrogens with zero attached hydrogens (tertiary/aromatic N) is 2. The summed E-state index contributed by atoms with van der Waals surface area (Å²) in [5.41, 5.74) is 6.58. The molecule has 1 aromatic carbocycles. The summed E-state index contributed by atoms with van der Waals surface area (Å²) < 4.78 is 27.9. The Hall–Kier alpha value is -1.69. The lowest BCUT2D eigenvalue weighted by molar-refractivity contribution is 0.613. The molecule has 6 heteroatoms. The van der Waals surface area contributed by atoms with E-state index in [2.05, 4.69) is 11.9 Å². The van der Waals surface area contributed by atoms with Crippen LogP contribution in [-0.4, -0.2) is 17.6 Å². The third kappa shape index (κ3) is 2.24. The number of hydrogen-bond donors (Lipinski definition) is 1. The molecule has 2 heterocycles. The van der Waals surface area contributed by atoms with Crippen molar-refractivity contribution in [1.29, 1.82) is 0 Å². The predicted octanol–water partition coefficient (Wildman–Crippen LogP) is 3.66. The van der Waals surface area contributed by atoms with Crippen molar-refractivity contribution in [3.8, 4) is 11.3 Å². The molecule has 2 N–H and O–H groups in total. The molecule has 1 aliphatic heterocycles. The first-order valence-corrected chi connectivity index (χ1v) is 7.36. The summed E-state index contributed by atoms with van der Waals surface area (Å²) in [6.45, 7) is 2.94. The fraction of sp³-hybridized carbons (Fsp3) is 0.357. The van der Waals surface area contributed by atoms with Crippen LogP contribution in [0.25, 0.3) is 11.3 Å². The van der Waals surface area contributed by atoms with Gasteiger partial charge in [-0.05, 0) is 31.9 Å². The number of hydrogen-bond acceptors (Lipinski definition) is 4. The molecule has 0 bridgehead atoms. The van der Waals surface area contributed by atoms with Crippen molar-refractivity contribution in [2.75, 3.05) is 17.2 Å². The largest absolute Gasteiger partial charge is 0.375 e. The van der Waals surface area contributed by atoms with E-state index in [9.17, 15) is 8.78 Å². The maximum Gasteiger partial charge on any atom is 0.206 e. The second-order valence-corrected chi connectivity index (χ2v) is 6.01. The number of benzene rings is 1. The Bertz CT molecular complexity index is 641. The third-order valence-corrected chi connectivity index (χ3v) is 4.36. The van der Waals surface area contributed by atoms with Crippen molar-refractivity contribution >= 4 is 22.2 Å². The van der Waals surface area contributed by atoms with Crippen molar-refractivity contribution < 1.29 is 8.78 Å². The van der Waals surface area contributed by atoms with Crippen LogP contribution in [-0.2, 0) is 0 Å². The molecule has 1 aromatic heterocycles. The maximum atomic E-state index is 14.3. The monoisotopic (exact) mass is 295 g/mol. The highest BCUT2D eigenvalue weighted by Crippen LogP contribution is 2.33. The minimum Gasteiger partial charge on any atom is -0.375 e. The topological polar surface area (TPSA) is 42.2 Å². The number of nitrogens with two attached hydrogens (primary N) is 1. The van der Waals surface area contributed by atoms with Crippen LogP contribution in [0.4, 0.5) is 19.6 Å². The van der Waals surface area contributed by atoms with Crippen LogP contribution in [0.2, 0.25) is 0 Å². The number of rotatable bonds is 2. The van der Waals surface area contributed by atoms with Gasteiger partial charge in [0.1, 0.15) is 11.5 Å². The Morgan fingerprint density at radius 3 is 2.75 bits per heavy atom. The van der Waals surface area contributed by atoms with E-state index in [1.54, 1.807) is 12.1 Å². The molecule has 0 amide bonds. The van der Waals surface area contributed by atoms with Crippen LogP contribution >= 0.6 is 11.3 Å². The number of nitrogen functional groups attached to an aromatic ring is 1. The molecule has 1 fully saturated rings. The molecule has 1 atom stereocenters. The quantitative estimate of drug-likeness (QED) is 0.919. The van der Waals surface area contributed by atoms with Crippen molar-refractivity contribution in [3.05, 3.63) is 29.1 Å². The van der Waals surface area contributed by atoms with Gasteiger partial charge in [0, 0.05) is 18.2 Å². The van der Waals surface area contributed by atoms with Gasteiger partial charge >= 0.3 is 0 Å². The van der Waals surface area contributed by atoms with Gasteiger partial charge < -0.3 is 10.6 Å². The van der Waals surface area contributed by atoms with Gasteiger partial charge in [0.2, 0.25) is 5.13 Å². The van der Waals surface area contributed by atoms with E-state index >= 15 is 0 Å². The average Bonchev–Trinajstić information content (AvgIpc) is 2.95. The fourth-order valence-corrected chi connectivity index (χ4v) is 3.25. The smallest absolute Gasteiger partial charge is 0.206 e. The van der Waals surface area contributed by atoms with E-state index < -0.39 is 5.13 Å². The van der Waals surface area contributed by atoms with Gasteiger partial charge in [-0.25, -0.2) is 9.37 Å². The van der Waals surface area contributed by atoms with Crippen LogP contribution in [0.3, 0.4) is 0 Å². The normalized spacial score (nSPS) is 18.8. The molecule has 0 spiro atoms. The van der Waals surface area contributed by atoms with Gasteiger partial charge in [0.05, 0.1) is 5.69 Å². The highest BCUT2D eigenvalue weighted by atomic mass is 32.1. The minimum atomic E-state index is -0.482. The van der Waals surface area contributed by atoms with Gasteiger partial charge in [0.15, 0.2) is 5.13 Å². The van der Waals surface area contributed by atoms with E-state index in [0.717, 1.165) is 30.7 Å². The SMILES string of the molecule is C[C@H]1CCCN1c1ccc(-c2nc(N)sc2F)cc1F. The molecule has 3 nitrogen and oxygen atoms in total. The van der Waals surface area contributed by atoms with Crippen molar-refractivity contribution in [3.63, 3.8) is 0 Å². The number of aromatic nitrogens is 1. The Labute approximate surface area is 120 Å².